The van der Waals surface area contributed by atoms with Crippen LogP contribution in [0.1, 0.15) is 39.2 Å². The number of nitrogens with one attached hydrogen (secondary N) is 1. The van der Waals surface area contributed by atoms with Gasteiger partial charge < -0.3 is 20.7 Å². The van der Waals surface area contributed by atoms with Crippen LogP contribution in [0.5, 0.6) is 0 Å². The Bertz CT molecular complexity index is 594. The lowest BCUT2D eigenvalue weighted by atomic mass is 10.0. The average molecular weight is 374 g/mol. The van der Waals surface area contributed by atoms with Gasteiger partial charge in [0.15, 0.2) is 0 Å². The summed E-state index contributed by atoms with van der Waals surface area (Å²) < 4.78 is 5.40. The summed E-state index contributed by atoms with van der Waals surface area (Å²) in [7, 11) is 0. The van der Waals surface area contributed by atoms with Crippen molar-refractivity contribution in [2.24, 2.45) is 0 Å². The topological polar surface area (TPSA) is 67.6 Å². The van der Waals surface area contributed by atoms with Gasteiger partial charge in [0.2, 0.25) is 0 Å². The summed E-state index contributed by atoms with van der Waals surface area (Å²) in [5.41, 5.74) is 7.07. The zero-order chi connectivity index (χ0) is 17.9. The predicted octanol–water partition coefficient (Wildman–Crippen LogP) is 4.06. The molecule has 0 atom stereocenters. The number of hydrogen-bond acceptors (Lipinski definition) is 4. The molecule has 7 heteroatoms. The van der Waals surface area contributed by atoms with Gasteiger partial charge in [0.25, 0.3) is 0 Å². The molecule has 0 spiro atoms. The summed E-state index contributed by atoms with van der Waals surface area (Å²) in [5, 5.41) is 4.44. The maximum absolute atomic E-state index is 12.1. The number of amides is 1. The molecule has 1 fully saturated rings. The number of carbonyl (C=O) groups excluding carboxylic acids is 1. The standard InChI is InChI=1S/C17H25Cl2N3O2/c1-17(2,3)24-16(23)22-6-4-12(5-7-22)21-10-11-8-13(18)14(19)9-15(11)20/h8-9,12,21H,4-7,10,20H2,1-3H3. The van der Waals surface area contributed by atoms with Crippen LogP contribution in [0.15, 0.2) is 12.1 Å². The Balaban J connectivity index is 1.81. The van der Waals surface area contributed by atoms with Crippen LogP contribution in [0.4, 0.5) is 10.5 Å². The van der Waals surface area contributed by atoms with E-state index >= 15 is 0 Å². The van der Waals surface area contributed by atoms with Crippen molar-refractivity contribution in [3.63, 3.8) is 0 Å². The van der Waals surface area contributed by atoms with Crippen LogP contribution in [0.2, 0.25) is 10.0 Å². The fourth-order valence-corrected chi connectivity index (χ4v) is 2.96. The number of nitrogen functional groups attached to an aromatic ring is 1. The lowest BCUT2D eigenvalue weighted by Crippen LogP contribution is -2.46. The Kier molecular flexibility index (Phi) is 6.23. The molecule has 134 valence electrons. The van der Waals surface area contributed by atoms with Gasteiger partial charge in [0.05, 0.1) is 10.0 Å². The molecule has 1 amide bonds. The molecule has 2 rings (SSSR count). The summed E-state index contributed by atoms with van der Waals surface area (Å²) in [6.07, 6.45) is 1.51. The van der Waals surface area contributed by atoms with Crippen LogP contribution in [-0.2, 0) is 11.3 Å². The highest BCUT2D eigenvalue weighted by Crippen LogP contribution is 2.27. The number of nitrogens with two attached hydrogens (primary N) is 1. The number of piperidine rings is 1. The van der Waals surface area contributed by atoms with Gasteiger partial charge in [-0.25, -0.2) is 4.79 Å². The summed E-state index contributed by atoms with van der Waals surface area (Å²) in [5.74, 6) is 0. The van der Waals surface area contributed by atoms with Gasteiger partial charge in [0.1, 0.15) is 5.60 Å². The maximum atomic E-state index is 12.1. The molecule has 1 saturated heterocycles. The van der Waals surface area contributed by atoms with Crippen molar-refractivity contribution in [2.75, 3.05) is 18.8 Å². The Morgan fingerprint density at radius 1 is 1.29 bits per heavy atom. The van der Waals surface area contributed by atoms with Crippen molar-refractivity contribution < 1.29 is 9.53 Å². The molecule has 0 aliphatic carbocycles. The monoisotopic (exact) mass is 373 g/mol. The van der Waals surface area contributed by atoms with Crippen LogP contribution in [-0.4, -0.2) is 35.7 Å². The van der Waals surface area contributed by atoms with E-state index in [1.807, 2.05) is 20.8 Å². The molecule has 3 N–H and O–H groups in total. The molecule has 1 aliphatic heterocycles. The van der Waals surface area contributed by atoms with E-state index in [0.29, 0.717) is 41.4 Å². The quantitative estimate of drug-likeness (QED) is 0.783. The van der Waals surface area contributed by atoms with Crippen molar-refractivity contribution in [2.45, 2.75) is 51.8 Å². The van der Waals surface area contributed by atoms with E-state index in [0.717, 1.165) is 18.4 Å². The van der Waals surface area contributed by atoms with Gasteiger partial charge in [-0.3, -0.25) is 0 Å². The molecule has 1 aromatic rings. The Morgan fingerprint density at radius 2 is 1.88 bits per heavy atom. The molecule has 1 heterocycles. The first-order chi connectivity index (χ1) is 11.2. The summed E-state index contributed by atoms with van der Waals surface area (Å²) >= 11 is 12.0. The Hall–Kier alpha value is -1.17. The number of anilines is 1. The van der Waals surface area contributed by atoms with Gasteiger partial charge in [0, 0.05) is 31.4 Å². The van der Waals surface area contributed by atoms with Crippen LogP contribution in [0.3, 0.4) is 0 Å². The molecule has 1 aromatic carbocycles. The fourth-order valence-electron chi connectivity index (χ4n) is 2.60. The summed E-state index contributed by atoms with van der Waals surface area (Å²) in [6.45, 7) is 7.62. The van der Waals surface area contributed by atoms with E-state index in [-0.39, 0.29) is 6.09 Å². The Morgan fingerprint density at radius 3 is 2.46 bits per heavy atom. The molecular formula is C17H25Cl2N3O2. The lowest BCUT2D eigenvalue weighted by Gasteiger charge is -2.33. The number of hydrogen-bond donors (Lipinski definition) is 2. The normalized spacial score (nSPS) is 16.3. The van der Waals surface area contributed by atoms with Crippen molar-refractivity contribution in [3.8, 4) is 0 Å². The third-order valence-corrected chi connectivity index (χ3v) is 4.63. The predicted molar refractivity (Wildman–Crippen MR) is 98.5 cm³/mol. The highest BCUT2D eigenvalue weighted by Gasteiger charge is 2.26. The highest BCUT2D eigenvalue weighted by molar-refractivity contribution is 6.42. The number of halogens is 2. The molecule has 0 saturated carbocycles. The second kappa shape index (κ2) is 7.81. The molecule has 1 aliphatic rings. The lowest BCUT2D eigenvalue weighted by molar-refractivity contribution is 0.0198. The fraction of sp³-hybridized carbons (Fsp3) is 0.588. The van der Waals surface area contributed by atoms with Crippen molar-refractivity contribution in [3.05, 3.63) is 27.7 Å². The molecule has 0 unspecified atom stereocenters. The minimum atomic E-state index is -0.461. The van der Waals surface area contributed by atoms with E-state index in [2.05, 4.69) is 5.32 Å². The average Bonchev–Trinajstić information content (AvgIpc) is 2.48. The number of carbonyl (C=O) groups is 1. The summed E-state index contributed by atoms with van der Waals surface area (Å²) in [4.78, 5) is 13.8. The van der Waals surface area contributed by atoms with E-state index < -0.39 is 5.60 Å². The van der Waals surface area contributed by atoms with Crippen LogP contribution in [0.25, 0.3) is 0 Å². The molecule has 0 radical (unpaired) electrons. The van der Waals surface area contributed by atoms with E-state index in [4.69, 9.17) is 33.7 Å². The smallest absolute Gasteiger partial charge is 0.410 e. The number of rotatable bonds is 3. The van der Waals surface area contributed by atoms with Crippen molar-refractivity contribution >= 4 is 35.0 Å². The molecular weight excluding hydrogens is 349 g/mol. The second-order valence-corrected chi connectivity index (χ2v) is 7.90. The van der Waals surface area contributed by atoms with Crippen LogP contribution < -0.4 is 11.1 Å². The summed E-state index contributed by atoms with van der Waals surface area (Å²) in [6, 6.07) is 3.80. The largest absolute Gasteiger partial charge is 0.444 e. The van der Waals surface area contributed by atoms with Gasteiger partial charge >= 0.3 is 6.09 Å². The third kappa shape index (κ3) is 5.43. The first-order valence-corrected chi connectivity index (χ1v) is 8.86. The zero-order valence-electron chi connectivity index (χ0n) is 14.4. The van der Waals surface area contributed by atoms with E-state index in [1.165, 1.54) is 0 Å². The first kappa shape index (κ1) is 19.2. The molecule has 0 bridgehead atoms. The minimum absolute atomic E-state index is 0.241. The highest BCUT2D eigenvalue weighted by atomic mass is 35.5. The van der Waals surface area contributed by atoms with E-state index in [1.54, 1.807) is 17.0 Å². The minimum Gasteiger partial charge on any atom is -0.444 e. The second-order valence-electron chi connectivity index (χ2n) is 7.09. The zero-order valence-corrected chi connectivity index (χ0v) is 15.9. The van der Waals surface area contributed by atoms with Crippen LogP contribution in [0, 0.1) is 0 Å². The number of benzene rings is 1. The number of likely N-dealkylation sites (tertiary alicyclic amines) is 1. The van der Waals surface area contributed by atoms with Crippen molar-refractivity contribution in [1.29, 1.82) is 0 Å². The molecule has 0 aromatic heterocycles. The third-order valence-electron chi connectivity index (χ3n) is 3.91. The molecule has 24 heavy (non-hydrogen) atoms. The Labute approximate surface area is 153 Å². The van der Waals surface area contributed by atoms with Crippen LogP contribution >= 0.6 is 23.2 Å². The SMILES string of the molecule is CC(C)(C)OC(=O)N1CCC(NCc2cc(Cl)c(Cl)cc2N)CC1. The first-order valence-electron chi connectivity index (χ1n) is 8.10. The van der Waals surface area contributed by atoms with Gasteiger partial charge in [-0.05, 0) is 51.3 Å². The number of ether oxygens (including phenoxy) is 1. The van der Waals surface area contributed by atoms with Crippen molar-refractivity contribution in [1.82, 2.24) is 10.2 Å². The van der Waals surface area contributed by atoms with E-state index in [9.17, 15) is 4.79 Å². The van der Waals surface area contributed by atoms with Gasteiger partial charge in [-0.2, -0.15) is 0 Å². The number of nitrogens with zero attached hydrogens (tertiary/aromatic N) is 1. The van der Waals surface area contributed by atoms with Gasteiger partial charge in [-0.1, -0.05) is 23.2 Å². The molecule has 5 nitrogen and oxygen atoms in total. The van der Waals surface area contributed by atoms with Gasteiger partial charge in [-0.15, -0.1) is 0 Å². The maximum Gasteiger partial charge on any atom is 0.410 e.